The van der Waals surface area contributed by atoms with Crippen LogP contribution < -0.4 is 0 Å². The molecule has 0 aromatic rings. The van der Waals surface area contributed by atoms with Crippen molar-refractivity contribution in [2.75, 3.05) is 24.7 Å². The molecule has 86 valence electrons. The van der Waals surface area contributed by atoms with Crippen molar-refractivity contribution in [1.82, 2.24) is 4.90 Å². The highest BCUT2D eigenvalue weighted by Gasteiger charge is 2.34. The summed E-state index contributed by atoms with van der Waals surface area (Å²) in [5, 5.41) is 8.56. The molecule has 0 radical (unpaired) electrons. The van der Waals surface area contributed by atoms with Crippen LogP contribution in [0.2, 0.25) is 0 Å². The number of hydrogen-bond donors (Lipinski definition) is 1. The lowest BCUT2D eigenvalue weighted by Gasteiger charge is -2.13. The third-order valence-electron chi connectivity index (χ3n) is 2.38. The van der Waals surface area contributed by atoms with Crippen molar-refractivity contribution in [3.05, 3.63) is 0 Å². The van der Waals surface area contributed by atoms with Gasteiger partial charge in [0, 0.05) is 31.2 Å². The molecular formula is C10H17NO3S. The zero-order valence-electron chi connectivity index (χ0n) is 8.94. The van der Waals surface area contributed by atoms with Gasteiger partial charge >= 0.3 is 0 Å². The number of thioether (sulfide) groups is 1. The van der Waals surface area contributed by atoms with Gasteiger partial charge in [0.2, 0.25) is 11.8 Å². The summed E-state index contributed by atoms with van der Waals surface area (Å²) in [6, 6.07) is 0. The van der Waals surface area contributed by atoms with Gasteiger partial charge in [-0.05, 0) is 12.2 Å². The van der Waals surface area contributed by atoms with Crippen LogP contribution in [0.4, 0.5) is 0 Å². The Hall–Kier alpha value is -0.550. The first-order chi connectivity index (χ1) is 7.16. The number of aliphatic hydroxyl groups excluding tert-OH is 1. The molecule has 0 aromatic heterocycles. The molecule has 1 saturated heterocycles. The molecule has 1 rings (SSSR count). The minimum absolute atomic E-state index is 0.0391. The maximum absolute atomic E-state index is 11.5. The van der Waals surface area contributed by atoms with Crippen LogP contribution in [0.3, 0.4) is 0 Å². The van der Waals surface area contributed by atoms with Gasteiger partial charge in [0.15, 0.2) is 0 Å². The number of aliphatic hydroxyl groups is 1. The first-order valence-corrected chi connectivity index (χ1v) is 6.35. The molecule has 1 atom stereocenters. The van der Waals surface area contributed by atoms with Crippen molar-refractivity contribution in [1.29, 1.82) is 0 Å². The zero-order chi connectivity index (χ0) is 11.3. The summed E-state index contributed by atoms with van der Waals surface area (Å²) >= 11 is 1.66. The Kier molecular flexibility index (Phi) is 5.11. The van der Waals surface area contributed by atoms with E-state index in [9.17, 15) is 9.59 Å². The van der Waals surface area contributed by atoms with Crippen LogP contribution in [-0.2, 0) is 9.59 Å². The smallest absolute Gasteiger partial charge is 0.232 e. The molecule has 0 spiro atoms. The lowest BCUT2D eigenvalue weighted by molar-refractivity contribution is -0.138. The van der Waals surface area contributed by atoms with Gasteiger partial charge in [0.1, 0.15) is 0 Å². The predicted octanol–water partition coefficient (Wildman–Crippen LogP) is 0.497. The molecule has 0 aromatic carbocycles. The largest absolute Gasteiger partial charge is 0.396 e. The molecule has 2 amide bonds. The second-order valence-corrected chi connectivity index (χ2v) is 4.90. The Morgan fingerprint density at radius 3 is 2.73 bits per heavy atom. The molecule has 1 aliphatic heterocycles. The van der Waals surface area contributed by atoms with E-state index in [0.717, 1.165) is 17.9 Å². The second-order valence-electron chi connectivity index (χ2n) is 3.68. The highest BCUT2D eigenvalue weighted by molar-refractivity contribution is 7.99. The molecule has 1 N–H and O–H groups in total. The number of carbonyl (C=O) groups is 2. The average molecular weight is 231 g/mol. The molecule has 0 saturated carbocycles. The SMILES string of the molecule is CC1CC(=O)N(CCSCCCO)C1=O. The first-order valence-electron chi connectivity index (χ1n) is 5.19. The first kappa shape index (κ1) is 12.5. The van der Waals surface area contributed by atoms with E-state index < -0.39 is 0 Å². The Labute approximate surface area is 94.0 Å². The maximum atomic E-state index is 11.5. The fourth-order valence-corrected chi connectivity index (χ4v) is 2.36. The summed E-state index contributed by atoms with van der Waals surface area (Å²) in [5.41, 5.74) is 0. The molecule has 1 fully saturated rings. The van der Waals surface area contributed by atoms with Crippen molar-refractivity contribution in [3.63, 3.8) is 0 Å². The van der Waals surface area contributed by atoms with Gasteiger partial charge in [-0.2, -0.15) is 11.8 Å². The number of rotatable bonds is 6. The standard InChI is InChI=1S/C10H17NO3S/c1-8-7-9(13)11(10(8)14)3-6-15-5-2-4-12/h8,12H,2-7H2,1H3. The van der Waals surface area contributed by atoms with Crippen molar-refractivity contribution in [3.8, 4) is 0 Å². The minimum Gasteiger partial charge on any atom is -0.396 e. The Bertz CT molecular complexity index is 245. The summed E-state index contributed by atoms with van der Waals surface area (Å²) in [5.74, 6) is 1.42. The van der Waals surface area contributed by atoms with Crippen LogP contribution in [0.25, 0.3) is 0 Å². The molecule has 1 heterocycles. The highest BCUT2D eigenvalue weighted by atomic mass is 32.2. The third kappa shape index (κ3) is 3.50. The molecule has 5 heteroatoms. The number of carbonyl (C=O) groups excluding carboxylic acids is 2. The molecule has 0 aliphatic carbocycles. The van der Waals surface area contributed by atoms with Gasteiger partial charge in [-0.1, -0.05) is 6.92 Å². The summed E-state index contributed by atoms with van der Waals surface area (Å²) in [4.78, 5) is 24.2. The maximum Gasteiger partial charge on any atom is 0.232 e. The van der Waals surface area contributed by atoms with Crippen molar-refractivity contribution >= 4 is 23.6 Å². The topological polar surface area (TPSA) is 57.6 Å². The van der Waals surface area contributed by atoms with Crippen LogP contribution in [0, 0.1) is 5.92 Å². The predicted molar refractivity (Wildman–Crippen MR) is 59.5 cm³/mol. The van der Waals surface area contributed by atoms with Gasteiger partial charge < -0.3 is 5.11 Å². The normalized spacial score (nSPS) is 21.5. The Morgan fingerprint density at radius 1 is 1.47 bits per heavy atom. The highest BCUT2D eigenvalue weighted by Crippen LogP contribution is 2.19. The van der Waals surface area contributed by atoms with Crippen LogP contribution in [0.5, 0.6) is 0 Å². The van der Waals surface area contributed by atoms with Gasteiger partial charge in [-0.25, -0.2) is 0 Å². The van der Waals surface area contributed by atoms with Gasteiger partial charge in [0.25, 0.3) is 0 Å². The van der Waals surface area contributed by atoms with E-state index in [-0.39, 0.29) is 24.3 Å². The lowest BCUT2D eigenvalue weighted by atomic mass is 10.1. The molecular weight excluding hydrogens is 214 g/mol. The fraction of sp³-hybridized carbons (Fsp3) is 0.800. The number of imide groups is 1. The van der Waals surface area contributed by atoms with Crippen LogP contribution in [0.1, 0.15) is 19.8 Å². The van der Waals surface area contributed by atoms with Gasteiger partial charge in [-0.15, -0.1) is 0 Å². The fourth-order valence-electron chi connectivity index (χ4n) is 1.51. The second kappa shape index (κ2) is 6.12. The summed E-state index contributed by atoms with van der Waals surface area (Å²) in [7, 11) is 0. The number of amides is 2. The summed E-state index contributed by atoms with van der Waals surface area (Å²) in [6.45, 7) is 2.50. The van der Waals surface area contributed by atoms with Crippen LogP contribution in [-0.4, -0.2) is 46.5 Å². The molecule has 1 unspecified atom stereocenters. The van der Waals surface area contributed by atoms with E-state index in [2.05, 4.69) is 0 Å². The van der Waals surface area contributed by atoms with E-state index >= 15 is 0 Å². The lowest BCUT2D eigenvalue weighted by Crippen LogP contribution is -2.32. The molecule has 0 bridgehead atoms. The molecule has 4 nitrogen and oxygen atoms in total. The van der Waals surface area contributed by atoms with E-state index in [0.29, 0.717) is 13.0 Å². The Balaban J connectivity index is 2.21. The number of likely N-dealkylation sites (tertiary alicyclic amines) is 1. The van der Waals surface area contributed by atoms with E-state index in [4.69, 9.17) is 5.11 Å². The molecule has 15 heavy (non-hydrogen) atoms. The van der Waals surface area contributed by atoms with E-state index in [1.165, 1.54) is 4.90 Å². The zero-order valence-corrected chi connectivity index (χ0v) is 9.76. The van der Waals surface area contributed by atoms with Crippen molar-refractivity contribution in [2.24, 2.45) is 5.92 Å². The van der Waals surface area contributed by atoms with E-state index in [1.807, 2.05) is 0 Å². The Morgan fingerprint density at radius 2 is 2.20 bits per heavy atom. The van der Waals surface area contributed by atoms with Crippen molar-refractivity contribution in [2.45, 2.75) is 19.8 Å². The minimum atomic E-state index is -0.139. The summed E-state index contributed by atoms with van der Waals surface area (Å²) in [6.07, 6.45) is 1.13. The van der Waals surface area contributed by atoms with E-state index in [1.54, 1.807) is 18.7 Å². The molecule has 1 aliphatic rings. The van der Waals surface area contributed by atoms with Crippen LogP contribution >= 0.6 is 11.8 Å². The van der Waals surface area contributed by atoms with Gasteiger partial charge in [-0.3, -0.25) is 14.5 Å². The van der Waals surface area contributed by atoms with Gasteiger partial charge in [0.05, 0.1) is 0 Å². The third-order valence-corrected chi connectivity index (χ3v) is 3.42. The quantitative estimate of drug-likeness (QED) is 0.534. The number of hydrogen-bond acceptors (Lipinski definition) is 4. The summed E-state index contributed by atoms with van der Waals surface area (Å²) < 4.78 is 0. The average Bonchev–Trinajstić information content (AvgIpc) is 2.44. The van der Waals surface area contributed by atoms with Crippen molar-refractivity contribution < 1.29 is 14.7 Å². The monoisotopic (exact) mass is 231 g/mol. The van der Waals surface area contributed by atoms with Crippen LogP contribution in [0.15, 0.2) is 0 Å². The number of nitrogens with zero attached hydrogens (tertiary/aromatic N) is 1.